The Kier molecular flexibility index (Phi) is 4.91. The molecule has 1 N–H and O–H groups in total. The van der Waals surface area contributed by atoms with Crippen molar-refractivity contribution in [3.05, 3.63) is 82.5 Å². The van der Waals surface area contributed by atoms with Crippen molar-refractivity contribution in [1.82, 2.24) is 15.5 Å². The molecule has 2 aromatic carbocycles. The van der Waals surface area contributed by atoms with Crippen LogP contribution < -0.4 is 5.32 Å². The van der Waals surface area contributed by atoms with Crippen LogP contribution in [-0.4, -0.2) is 16.1 Å². The van der Waals surface area contributed by atoms with E-state index in [1.165, 1.54) is 0 Å². The summed E-state index contributed by atoms with van der Waals surface area (Å²) in [6.07, 6.45) is 0.383. The van der Waals surface area contributed by atoms with Crippen LogP contribution in [0.15, 0.2) is 59.0 Å². The quantitative estimate of drug-likeness (QED) is 0.766. The molecule has 0 saturated heterocycles. The molecule has 3 rings (SSSR count). The van der Waals surface area contributed by atoms with E-state index in [1.54, 1.807) is 6.07 Å². The highest BCUT2D eigenvalue weighted by molar-refractivity contribution is 6.31. The molecule has 0 radical (unpaired) electrons. The van der Waals surface area contributed by atoms with Gasteiger partial charge in [-0.05, 0) is 24.1 Å². The summed E-state index contributed by atoms with van der Waals surface area (Å²) in [5.74, 6) is -0.107. The molecular formula is C18H16ClN3O2. The van der Waals surface area contributed by atoms with Crippen LogP contribution in [-0.2, 0) is 6.42 Å². The maximum Gasteiger partial charge on any atom is 0.309 e. The van der Waals surface area contributed by atoms with E-state index in [0.717, 1.165) is 11.1 Å². The number of amides is 1. The Bertz CT molecular complexity index is 833. The van der Waals surface area contributed by atoms with Crippen LogP contribution in [0, 0.1) is 0 Å². The predicted molar refractivity (Wildman–Crippen MR) is 90.9 cm³/mol. The lowest BCUT2D eigenvalue weighted by atomic mass is 10.1. The van der Waals surface area contributed by atoms with Crippen molar-refractivity contribution in [2.24, 2.45) is 0 Å². The fraction of sp³-hybridized carbons (Fsp3) is 0.167. The summed E-state index contributed by atoms with van der Waals surface area (Å²) in [5.41, 5.74) is 1.87. The highest BCUT2D eigenvalue weighted by atomic mass is 35.5. The number of aromatic nitrogens is 2. The van der Waals surface area contributed by atoms with Crippen LogP contribution in [0.1, 0.15) is 40.7 Å². The average Bonchev–Trinajstić information content (AvgIpc) is 3.06. The zero-order valence-electron chi connectivity index (χ0n) is 13.1. The predicted octanol–water partition coefficient (Wildman–Crippen LogP) is 3.80. The van der Waals surface area contributed by atoms with E-state index < -0.39 is 5.91 Å². The molecule has 5 nitrogen and oxygen atoms in total. The van der Waals surface area contributed by atoms with Crippen LogP contribution in [0.5, 0.6) is 0 Å². The maximum absolute atomic E-state index is 12.2. The lowest BCUT2D eigenvalue weighted by molar-refractivity contribution is 0.0903. The topological polar surface area (TPSA) is 68.0 Å². The first-order chi connectivity index (χ1) is 11.6. The molecule has 1 amide bonds. The molecule has 0 unspecified atom stereocenters. The van der Waals surface area contributed by atoms with Crippen LogP contribution in [0.4, 0.5) is 0 Å². The minimum Gasteiger partial charge on any atom is -0.417 e. The van der Waals surface area contributed by atoms with Crippen molar-refractivity contribution in [3.8, 4) is 0 Å². The lowest BCUT2D eigenvalue weighted by Gasteiger charge is -2.12. The van der Waals surface area contributed by atoms with Crippen LogP contribution >= 0.6 is 11.6 Å². The molecule has 0 spiro atoms. The van der Waals surface area contributed by atoms with E-state index in [4.69, 9.17) is 16.0 Å². The van der Waals surface area contributed by atoms with Crippen LogP contribution in [0.2, 0.25) is 5.02 Å². The van der Waals surface area contributed by atoms with E-state index in [2.05, 4.69) is 15.5 Å². The highest BCUT2D eigenvalue weighted by Gasteiger charge is 2.18. The van der Waals surface area contributed by atoms with Gasteiger partial charge in [-0.15, -0.1) is 10.2 Å². The van der Waals surface area contributed by atoms with Crippen LogP contribution in [0.3, 0.4) is 0 Å². The molecule has 24 heavy (non-hydrogen) atoms. The number of carbonyl (C=O) groups is 1. The molecule has 6 heteroatoms. The van der Waals surface area contributed by atoms with E-state index >= 15 is 0 Å². The summed E-state index contributed by atoms with van der Waals surface area (Å²) in [7, 11) is 0. The number of rotatable bonds is 5. The molecule has 3 aromatic rings. The second-order valence-corrected chi connectivity index (χ2v) is 5.78. The van der Waals surface area contributed by atoms with E-state index in [0.29, 0.717) is 17.3 Å². The Morgan fingerprint density at radius 3 is 2.58 bits per heavy atom. The second kappa shape index (κ2) is 7.27. The highest BCUT2D eigenvalue weighted by Crippen LogP contribution is 2.18. The molecule has 1 atom stereocenters. The normalized spacial score (nSPS) is 11.9. The first-order valence-corrected chi connectivity index (χ1v) is 7.93. The minimum atomic E-state index is -0.399. The van der Waals surface area contributed by atoms with Crippen molar-refractivity contribution in [2.45, 2.75) is 19.4 Å². The van der Waals surface area contributed by atoms with Gasteiger partial charge >= 0.3 is 11.8 Å². The van der Waals surface area contributed by atoms with Gasteiger partial charge in [-0.1, -0.05) is 60.1 Å². The number of carbonyl (C=O) groups excluding carboxylic acids is 1. The Labute approximate surface area is 144 Å². The van der Waals surface area contributed by atoms with Gasteiger partial charge in [0.2, 0.25) is 5.89 Å². The molecule has 0 aliphatic heterocycles. The van der Waals surface area contributed by atoms with Gasteiger partial charge in [-0.25, -0.2) is 0 Å². The Hall–Kier alpha value is -2.66. The van der Waals surface area contributed by atoms with Crippen molar-refractivity contribution in [3.63, 3.8) is 0 Å². The molecule has 0 saturated carbocycles. The SMILES string of the molecule is C[C@H](NC(=O)c1nnc(Cc2ccccc2Cl)o1)c1ccccc1. The number of nitrogens with zero attached hydrogens (tertiary/aromatic N) is 2. The lowest BCUT2D eigenvalue weighted by Crippen LogP contribution is -2.26. The molecule has 1 heterocycles. The molecule has 1 aromatic heterocycles. The third-order valence-electron chi connectivity index (χ3n) is 3.61. The summed E-state index contributed by atoms with van der Waals surface area (Å²) in [6.45, 7) is 1.90. The summed E-state index contributed by atoms with van der Waals surface area (Å²) in [6, 6.07) is 16.9. The number of nitrogens with one attached hydrogen (secondary N) is 1. The van der Waals surface area contributed by atoms with Gasteiger partial charge in [0.25, 0.3) is 0 Å². The number of hydrogen-bond donors (Lipinski definition) is 1. The van der Waals surface area contributed by atoms with Gasteiger partial charge in [0.05, 0.1) is 12.5 Å². The molecule has 0 aliphatic carbocycles. The summed E-state index contributed by atoms with van der Waals surface area (Å²) in [5, 5.41) is 11.2. The fourth-order valence-corrected chi connectivity index (χ4v) is 2.51. The standard InChI is InChI=1S/C18H16ClN3O2/c1-12(13-7-3-2-4-8-13)20-17(23)18-22-21-16(24-18)11-14-9-5-6-10-15(14)19/h2-10,12H,11H2,1H3,(H,20,23)/t12-/m0/s1. The van der Waals surface area contributed by atoms with Gasteiger partial charge in [0.15, 0.2) is 0 Å². The van der Waals surface area contributed by atoms with Crippen molar-refractivity contribution < 1.29 is 9.21 Å². The molecule has 0 fully saturated rings. The first-order valence-electron chi connectivity index (χ1n) is 7.55. The zero-order valence-corrected chi connectivity index (χ0v) is 13.8. The third kappa shape index (κ3) is 3.81. The maximum atomic E-state index is 12.2. The molecule has 0 bridgehead atoms. The van der Waals surface area contributed by atoms with E-state index in [1.807, 2.05) is 55.5 Å². The summed E-state index contributed by atoms with van der Waals surface area (Å²) < 4.78 is 5.45. The van der Waals surface area contributed by atoms with E-state index in [9.17, 15) is 4.79 Å². The number of benzene rings is 2. The van der Waals surface area contributed by atoms with Crippen molar-refractivity contribution in [2.75, 3.05) is 0 Å². The van der Waals surface area contributed by atoms with Crippen molar-refractivity contribution in [1.29, 1.82) is 0 Å². The van der Waals surface area contributed by atoms with Gasteiger partial charge in [0, 0.05) is 5.02 Å². The van der Waals surface area contributed by atoms with Gasteiger partial charge in [-0.3, -0.25) is 4.79 Å². The molecule has 122 valence electrons. The van der Waals surface area contributed by atoms with Crippen LogP contribution in [0.25, 0.3) is 0 Å². The largest absolute Gasteiger partial charge is 0.417 e. The van der Waals surface area contributed by atoms with Crippen molar-refractivity contribution >= 4 is 17.5 Å². The minimum absolute atomic E-state index is 0.0557. The Morgan fingerprint density at radius 1 is 1.12 bits per heavy atom. The van der Waals surface area contributed by atoms with Gasteiger partial charge in [-0.2, -0.15) is 0 Å². The summed E-state index contributed by atoms with van der Waals surface area (Å²) >= 11 is 6.11. The summed E-state index contributed by atoms with van der Waals surface area (Å²) in [4.78, 5) is 12.2. The average molecular weight is 342 g/mol. The molecular weight excluding hydrogens is 326 g/mol. The van der Waals surface area contributed by atoms with Gasteiger partial charge in [0.1, 0.15) is 0 Å². The number of hydrogen-bond acceptors (Lipinski definition) is 4. The second-order valence-electron chi connectivity index (χ2n) is 5.37. The monoisotopic (exact) mass is 341 g/mol. The van der Waals surface area contributed by atoms with Gasteiger partial charge < -0.3 is 9.73 Å². The smallest absolute Gasteiger partial charge is 0.309 e. The fourth-order valence-electron chi connectivity index (χ4n) is 2.30. The Balaban J connectivity index is 1.67. The molecule has 0 aliphatic rings. The Morgan fingerprint density at radius 2 is 1.83 bits per heavy atom. The first kappa shape index (κ1) is 16.2. The van der Waals surface area contributed by atoms with E-state index in [-0.39, 0.29) is 11.9 Å². The zero-order chi connectivity index (χ0) is 16.9. The number of halogens is 1. The third-order valence-corrected chi connectivity index (χ3v) is 3.98.